The van der Waals surface area contributed by atoms with Gasteiger partial charge in [0.15, 0.2) is 17.3 Å². The van der Waals surface area contributed by atoms with E-state index in [2.05, 4.69) is 4.98 Å². The van der Waals surface area contributed by atoms with Crippen LogP contribution in [0.1, 0.15) is 17.3 Å². The molecule has 1 aromatic heterocycles. The predicted molar refractivity (Wildman–Crippen MR) is 60.7 cm³/mol. The van der Waals surface area contributed by atoms with Crippen LogP contribution in [0.2, 0.25) is 0 Å². The second-order valence-corrected chi connectivity index (χ2v) is 3.49. The molecular formula is C13H10FNO2. The van der Waals surface area contributed by atoms with Crippen molar-refractivity contribution in [2.24, 2.45) is 0 Å². The minimum absolute atomic E-state index is 0.0722. The highest BCUT2D eigenvalue weighted by atomic mass is 19.1. The Morgan fingerprint density at radius 3 is 2.76 bits per heavy atom. The monoisotopic (exact) mass is 231 g/mol. The summed E-state index contributed by atoms with van der Waals surface area (Å²) in [4.78, 5) is 14.9. The number of hydrogen-bond acceptors (Lipinski definition) is 3. The summed E-state index contributed by atoms with van der Waals surface area (Å²) < 4.78 is 18.9. The number of ketones is 1. The largest absolute Gasteiger partial charge is 0.453 e. The third kappa shape index (κ3) is 2.66. The van der Waals surface area contributed by atoms with Crippen molar-refractivity contribution in [3.8, 4) is 11.5 Å². The molecule has 0 radical (unpaired) electrons. The van der Waals surface area contributed by atoms with Gasteiger partial charge in [-0.2, -0.15) is 0 Å². The number of Topliss-reactive ketones (excluding diaryl/α,β-unsaturated/α-hetero) is 1. The molecule has 1 heterocycles. The molecule has 0 unspecified atom stereocenters. The second kappa shape index (κ2) is 4.74. The lowest BCUT2D eigenvalue weighted by Gasteiger charge is -2.06. The summed E-state index contributed by atoms with van der Waals surface area (Å²) in [5, 5.41) is 0. The summed E-state index contributed by atoms with van der Waals surface area (Å²) in [6.07, 6.45) is 3.08. The highest BCUT2D eigenvalue weighted by Gasteiger charge is 2.08. The Hall–Kier alpha value is -2.23. The predicted octanol–water partition coefficient (Wildman–Crippen LogP) is 3.22. The van der Waals surface area contributed by atoms with E-state index in [-0.39, 0.29) is 11.5 Å². The molecule has 0 spiro atoms. The van der Waals surface area contributed by atoms with Crippen LogP contribution in [0.4, 0.5) is 4.39 Å². The first-order valence-electron chi connectivity index (χ1n) is 5.05. The molecule has 0 N–H and O–H groups in total. The maximum atomic E-state index is 13.6. The van der Waals surface area contributed by atoms with Crippen LogP contribution in [0.25, 0.3) is 0 Å². The van der Waals surface area contributed by atoms with Gasteiger partial charge in [-0.25, -0.2) is 4.39 Å². The first-order valence-corrected chi connectivity index (χ1v) is 5.05. The number of ether oxygens (including phenoxy) is 1. The number of carbonyl (C=O) groups is 1. The van der Waals surface area contributed by atoms with Gasteiger partial charge >= 0.3 is 0 Å². The first kappa shape index (κ1) is 11.3. The van der Waals surface area contributed by atoms with Gasteiger partial charge in [0.25, 0.3) is 0 Å². The number of hydrogen-bond donors (Lipinski definition) is 0. The standard InChI is InChI=1S/C13H10FNO2/c1-9(16)10-4-5-13(12(14)7-10)17-11-3-2-6-15-8-11/h2-8H,1H3. The lowest BCUT2D eigenvalue weighted by Crippen LogP contribution is -1.95. The molecule has 0 aliphatic carbocycles. The van der Waals surface area contributed by atoms with Crippen LogP contribution in [0, 0.1) is 5.82 Å². The van der Waals surface area contributed by atoms with Crippen molar-refractivity contribution in [1.29, 1.82) is 0 Å². The number of nitrogens with zero attached hydrogens (tertiary/aromatic N) is 1. The minimum atomic E-state index is -0.568. The SMILES string of the molecule is CC(=O)c1ccc(Oc2cccnc2)c(F)c1. The normalized spacial score (nSPS) is 10.0. The second-order valence-electron chi connectivity index (χ2n) is 3.49. The summed E-state index contributed by atoms with van der Waals surface area (Å²) in [5.41, 5.74) is 0.320. The Kier molecular flexibility index (Phi) is 3.14. The molecular weight excluding hydrogens is 221 g/mol. The van der Waals surface area contributed by atoms with Gasteiger partial charge in [0.05, 0.1) is 6.20 Å². The third-order valence-corrected chi connectivity index (χ3v) is 2.20. The Morgan fingerprint density at radius 2 is 2.18 bits per heavy atom. The van der Waals surface area contributed by atoms with Crippen molar-refractivity contribution in [3.05, 3.63) is 54.1 Å². The molecule has 0 aliphatic heterocycles. The van der Waals surface area contributed by atoms with Crippen LogP contribution < -0.4 is 4.74 Å². The summed E-state index contributed by atoms with van der Waals surface area (Å²) >= 11 is 0. The molecule has 0 fully saturated rings. The fourth-order valence-corrected chi connectivity index (χ4v) is 1.34. The highest BCUT2D eigenvalue weighted by molar-refractivity contribution is 5.94. The van der Waals surface area contributed by atoms with E-state index in [0.717, 1.165) is 6.07 Å². The van der Waals surface area contributed by atoms with Crippen LogP contribution >= 0.6 is 0 Å². The zero-order valence-corrected chi connectivity index (χ0v) is 9.18. The zero-order chi connectivity index (χ0) is 12.3. The number of benzene rings is 1. The minimum Gasteiger partial charge on any atom is -0.453 e. The molecule has 0 bridgehead atoms. The molecule has 1 aromatic carbocycles. The van der Waals surface area contributed by atoms with E-state index in [1.54, 1.807) is 18.3 Å². The number of halogens is 1. The Morgan fingerprint density at radius 1 is 1.35 bits per heavy atom. The third-order valence-electron chi connectivity index (χ3n) is 2.20. The average Bonchev–Trinajstić information content (AvgIpc) is 2.33. The summed E-state index contributed by atoms with van der Waals surface area (Å²) in [5.74, 6) is -0.233. The van der Waals surface area contributed by atoms with Crippen molar-refractivity contribution in [3.63, 3.8) is 0 Å². The zero-order valence-electron chi connectivity index (χ0n) is 9.18. The van der Waals surface area contributed by atoms with Gasteiger partial charge in [-0.05, 0) is 37.3 Å². The van der Waals surface area contributed by atoms with Crippen LogP contribution in [0.3, 0.4) is 0 Å². The van der Waals surface area contributed by atoms with Crippen molar-refractivity contribution >= 4 is 5.78 Å². The van der Waals surface area contributed by atoms with E-state index in [1.807, 2.05) is 0 Å². The molecule has 86 valence electrons. The van der Waals surface area contributed by atoms with Crippen molar-refractivity contribution < 1.29 is 13.9 Å². The van der Waals surface area contributed by atoms with Crippen molar-refractivity contribution in [2.45, 2.75) is 6.92 Å². The molecule has 0 aliphatic rings. The van der Waals surface area contributed by atoms with Gasteiger partial charge in [0.1, 0.15) is 5.75 Å². The molecule has 3 nitrogen and oxygen atoms in total. The Balaban J connectivity index is 2.26. The number of rotatable bonds is 3. The van der Waals surface area contributed by atoms with Crippen molar-refractivity contribution in [1.82, 2.24) is 4.98 Å². The number of aromatic nitrogens is 1. The number of carbonyl (C=O) groups excluding carboxylic acids is 1. The molecule has 2 aromatic rings. The lowest BCUT2D eigenvalue weighted by molar-refractivity contribution is 0.101. The van der Waals surface area contributed by atoms with Crippen LogP contribution in [-0.2, 0) is 0 Å². The Bertz CT molecular complexity index is 540. The quantitative estimate of drug-likeness (QED) is 0.761. The maximum Gasteiger partial charge on any atom is 0.166 e. The maximum absolute atomic E-state index is 13.6. The van der Waals surface area contributed by atoms with E-state index in [9.17, 15) is 9.18 Å². The molecule has 0 amide bonds. The van der Waals surface area contributed by atoms with E-state index in [1.165, 1.54) is 25.3 Å². The van der Waals surface area contributed by atoms with E-state index in [0.29, 0.717) is 11.3 Å². The molecule has 0 atom stereocenters. The van der Waals surface area contributed by atoms with Crippen LogP contribution in [0.15, 0.2) is 42.7 Å². The number of pyridine rings is 1. The van der Waals surface area contributed by atoms with Gasteiger partial charge in [0, 0.05) is 11.8 Å². The summed E-state index contributed by atoms with van der Waals surface area (Å²) in [6.45, 7) is 1.39. The van der Waals surface area contributed by atoms with Gasteiger partial charge in [-0.15, -0.1) is 0 Å². The van der Waals surface area contributed by atoms with Gasteiger partial charge in [-0.3, -0.25) is 9.78 Å². The van der Waals surface area contributed by atoms with Crippen LogP contribution in [0.5, 0.6) is 11.5 Å². The lowest BCUT2D eigenvalue weighted by atomic mass is 10.1. The van der Waals surface area contributed by atoms with E-state index in [4.69, 9.17) is 4.74 Å². The summed E-state index contributed by atoms with van der Waals surface area (Å²) in [6, 6.07) is 7.48. The fraction of sp³-hybridized carbons (Fsp3) is 0.0769. The fourth-order valence-electron chi connectivity index (χ4n) is 1.34. The van der Waals surface area contributed by atoms with Crippen LogP contribution in [-0.4, -0.2) is 10.8 Å². The average molecular weight is 231 g/mol. The Labute approximate surface area is 97.9 Å². The molecule has 17 heavy (non-hydrogen) atoms. The molecule has 0 saturated heterocycles. The molecule has 4 heteroatoms. The molecule has 2 rings (SSSR count). The smallest absolute Gasteiger partial charge is 0.166 e. The van der Waals surface area contributed by atoms with Gasteiger partial charge in [0.2, 0.25) is 0 Å². The summed E-state index contributed by atoms with van der Waals surface area (Å²) in [7, 11) is 0. The van der Waals surface area contributed by atoms with Gasteiger partial charge in [-0.1, -0.05) is 0 Å². The van der Waals surface area contributed by atoms with Crippen molar-refractivity contribution in [2.75, 3.05) is 0 Å². The van der Waals surface area contributed by atoms with E-state index >= 15 is 0 Å². The highest BCUT2D eigenvalue weighted by Crippen LogP contribution is 2.24. The van der Waals surface area contributed by atoms with Gasteiger partial charge < -0.3 is 4.74 Å². The first-order chi connectivity index (χ1) is 8.16. The topological polar surface area (TPSA) is 39.2 Å². The van der Waals surface area contributed by atoms with E-state index < -0.39 is 5.82 Å². The molecule has 0 saturated carbocycles.